The van der Waals surface area contributed by atoms with Gasteiger partial charge in [0.05, 0.1) is 19.3 Å². The van der Waals surface area contributed by atoms with Crippen molar-refractivity contribution < 1.29 is 20.1 Å². The van der Waals surface area contributed by atoms with Crippen LogP contribution in [0.5, 0.6) is 0 Å². The molecule has 1 unspecified atom stereocenters. The molecule has 0 bridgehead atoms. The number of anilines is 1. The van der Waals surface area contributed by atoms with E-state index in [1.807, 2.05) is 0 Å². The number of nitrogen functional groups attached to an aromatic ring is 1. The predicted molar refractivity (Wildman–Crippen MR) is 60.5 cm³/mol. The van der Waals surface area contributed by atoms with Crippen LogP contribution in [0.2, 0.25) is 0 Å². The van der Waals surface area contributed by atoms with Gasteiger partial charge in [0.2, 0.25) is 0 Å². The minimum absolute atomic E-state index is 0.0705. The first-order valence-corrected chi connectivity index (χ1v) is 5.48. The molecule has 100 valence electrons. The third-order valence-electron chi connectivity index (χ3n) is 3.04. The van der Waals surface area contributed by atoms with Crippen LogP contribution in [0.1, 0.15) is 6.23 Å². The molecule has 0 aromatic carbocycles. The SMILES string of the molecule is Nc1ccn([C@@H]2O[C@H](CO)C(CO)[C@H]2O)c(=O)n1. The Morgan fingerprint density at radius 3 is 2.67 bits per heavy atom. The third kappa shape index (κ3) is 2.10. The molecule has 1 saturated heterocycles. The second-order valence-corrected chi connectivity index (χ2v) is 4.13. The van der Waals surface area contributed by atoms with E-state index in [1.165, 1.54) is 12.3 Å². The number of aromatic nitrogens is 2. The van der Waals surface area contributed by atoms with Crippen molar-refractivity contribution in [3.8, 4) is 0 Å². The molecule has 18 heavy (non-hydrogen) atoms. The van der Waals surface area contributed by atoms with Crippen molar-refractivity contribution in [1.82, 2.24) is 9.55 Å². The maximum atomic E-state index is 11.6. The zero-order valence-electron chi connectivity index (χ0n) is 9.51. The van der Waals surface area contributed by atoms with Crippen molar-refractivity contribution in [1.29, 1.82) is 0 Å². The Morgan fingerprint density at radius 1 is 1.44 bits per heavy atom. The van der Waals surface area contributed by atoms with Gasteiger partial charge in [-0.05, 0) is 6.07 Å². The highest BCUT2D eigenvalue weighted by molar-refractivity contribution is 5.23. The third-order valence-corrected chi connectivity index (χ3v) is 3.04. The number of aliphatic hydroxyl groups is 3. The summed E-state index contributed by atoms with van der Waals surface area (Å²) in [5.41, 5.74) is 4.70. The van der Waals surface area contributed by atoms with E-state index < -0.39 is 30.0 Å². The summed E-state index contributed by atoms with van der Waals surface area (Å²) < 4.78 is 6.44. The lowest BCUT2D eigenvalue weighted by Crippen LogP contribution is -2.34. The number of nitrogens with two attached hydrogens (primary N) is 1. The van der Waals surface area contributed by atoms with E-state index in [4.69, 9.17) is 20.7 Å². The molecular formula is C10H15N3O5. The molecule has 8 heteroatoms. The average Bonchev–Trinajstić information content (AvgIpc) is 2.66. The first-order valence-electron chi connectivity index (χ1n) is 5.48. The number of hydrogen-bond acceptors (Lipinski definition) is 7. The average molecular weight is 257 g/mol. The summed E-state index contributed by atoms with van der Waals surface area (Å²) >= 11 is 0. The molecule has 2 rings (SSSR count). The molecule has 0 amide bonds. The summed E-state index contributed by atoms with van der Waals surface area (Å²) in [6, 6.07) is 1.40. The fourth-order valence-corrected chi connectivity index (χ4v) is 2.05. The lowest BCUT2D eigenvalue weighted by atomic mass is 9.99. The first kappa shape index (κ1) is 13.0. The van der Waals surface area contributed by atoms with Crippen molar-refractivity contribution in [2.75, 3.05) is 18.9 Å². The quantitative estimate of drug-likeness (QED) is 0.478. The van der Waals surface area contributed by atoms with Gasteiger partial charge in [0.15, 0.2) is 6.23 Å². The summed E-state index contributed by atoms with van der Waals surface area (Å²) in [5.74, 6) is -0.578. The Bertz CT molecular complexity index is 477. The van der Waals surface area contributed by atoms with Gasteiger partial charge in [0, 0.05) is 12.1 Å². The van der Waals surface area contributed by atoms with E-state index >= 15 is 0 Å². The van der Waals surface area contributed by atoms with Crippen molar-refractivity contribution in [3.05, 3.63) is 22.7 Å². The van der Waals surface area contributed by atoms with Crippen LogP contribution in [0.3, 0.4) is 0 Å². The molecule has 0 spiro atoms. The highest BCUT2D eigenvalue weighted by Gasteiger charge is 2.44. The van der Waals surface area contributed by atoms with Gasteiger partial charge in [-0.1, -0.05) is 0 Å². The first-order chi connectivity index (χ1) is 8.58. The zero-order chi connectivity index (χ0) is 13.3. The van der Waals surface area contributed by atoms with E-state index in [0.717, 1.165) is 4.57 Å². The molecule has 0 aliphatic carbocycles. The Hall–Kier alpha value is -1.48. The van der Waals surface area contributed by atoms with Crippen molar-refractivity contribution >= 4 is 5.82 Å². The van der Waals surface area contributed by atoms with E-state index in [1.54, 1.807) is 0 Å². The minimum Gasteiger partial charge on any atom is -0.396 e. The van der Waals surface area contributed by atoms with Crippen LogP contribution in [0.25, 0.3) is 0 Å². The lowest BCUT2D eigenvalue weighted by Gasteiger charge is -2.17. The van der Waals surface area contributed by atoms with Gasteiger partial charge in [-0.15, -0.1) is 0 Å². The topological polar surface area (TPSA) is 131 Å². The standard InChI is InChI=1S/C10H15N3O5/c11-7-1-2-13(10(17)12-7)9-8(16)5(3-14)6(4-15)18-9/h1-2,5-6,8-9,14-16H,3-4H2,(H2,11,12,17)/t5?,6-,8-,9-/m1/s1. The van der Waals surface area contributed by atoms with Gasteiger partial charge in [0.25, 0.3) is 0 Å². The summed E-state index contributed by atoms with van der Waals surface area (Å²) in [5, 5.41) is 28.2. The normalized spacial score (nSPS) is 31.7. The van der Waals surface area contributed by atoms with Crippen molar-refractivity contribution in [2.45, 2.75) is 18.4 Å². The van der Waals surface area contributed by atoms with E-state index in [9.17, 15) is 9.90 Å². The molecule has 1 aromatic heterocycles. The molecule has 0 saturated carbocycles. The zero-order valence-corrected chi connectivity index (χ0v) is 9.51. The Labute approximate surface area is 102 Å². The molecule has 1 aliphatic heterocycles. The second kappa shape index (κ2) is 5.02. The Morgan fingerprint density at radius 2 is 2.17 bits per heavy atom. The van der Waals surface area contributed by atoms with Gasteiger partial charge in [-0.25, -0.2) is 4.79 Å². The summed E-state index contributed by atoms with van der Waals surface area (Å²) in [6.45, 7) is -0.698. The predicted octanol–water partition coefficient (Wildman–Crippen LogP) is -2.32. The van der Waals surface area contributed by atoms with Gasteiger partial charge in [0.1, 0.15) is 11.9 Å². The van der Waals surface area contributed by atoms with E-state index in [2.05, 4.69) is 4.98 Å². The molecule has 1 aromatic rings. The fourth-order valence-electron chi connectivity index (χ4n) is 2.05. The summed E-state index contributed by atoms with van der Waals surface area (Å²) in [7, 11) is 0. The van der Waals surface area contributed by atoms with Crippen LogP contribution in [-0.2, 0) is 4.74 Å². The number of ether oxygens (including phenoxy) is 1. The van der Waals surface area contributed by atoms with Crippen LogP contribution in [0.4, 0.5) is 5.82 Å². The van der Waals surface area contributed by atoms with Gasteiger partial charge < -0.3 is 25.8 Å². The maximum Gasteiger partial charge on any atom is 0.351 e. The van der Waals surface area contributed by atoms with Crippen LogP contribution in [0.15, 0.2) is 17.1 Å². The van der Waals surface area contributed by atoms with Crippen molar-refractivity contribution in [2.24, 2.45) is 5.92 Å². The Balaban J connectivity index is 2.32. The van der Waals surface area contributed by atoms with Crippen molar-refractivity contribution in [3.63, 3.8) is 0 Å². The monoisotopic (exact) mass is 257 g/mol. The molecule has 1 fully saturated rings. The van der Waals surface area contributed by atoms with Gasteiger partial charge in [-0.2, -0.15) is 4.98 Å². The van der Waals surface area contributed by atoms with E-state index in [0.29, 0.717) is 0 Å². The second-order valence-electron chi connectivity index (χ2n) is 4.13. The highest BCUT2D eigenvalue weighted by atomic mass is 16.5. The molecular weight excluding hydrogens is 242 g/mol. The minimum atomic E-state index is -1.10. The van der Waals surface area contributed by atoms with Gasteiger partial charge >= 0.3 is 5.69 Å². The van der Waals surface area contributed by atoms with Crippen LogP contribution in [0, 0.1) is 5.92 Å². The molecule has 0 radical (unpaired) electrons. The molecule has 2 heterocycles. The smallest absolute Gasteiger partial charge is 0.351 e. The van der Waals surface area contributed by atoms with Crippen LogP contribution >= 0.6 is 0 Å². The Kier molecular flexibility index (Phi) is 3.62. The number of rotatable bonds is 3. The summed E-state index contributed by atoms with van der Waals surface area (Å²) in [6.07, 6.45) is -1.46. The van der Waals surface area contributed by atoms with Crippen LogP contribution < -0.4 is 11.4 Å². The summed E-state index contributed by atoms with van der Waals surface area (Å²) in [4.78, 5) is 15.1. The molecule has 8 nitrogen and oxygen atoms in total. The van der Waals surface area contributed by atoms with Gasteiger partial charge in [-0.3, -0.25) is 4.57 Å². The molecule has 4 atom stereocenters. The number of aliphatic hydroxyl groups excluding tert-OH is 3. The molecule has 5 N–H and O–H groups in total. The fraction of sp³-hybridized carbons (Fsp3) is 0.600. The van der Waals surface area contributed by atoms with E-state index in [-0.39, 0.29) is 19.0 Å². The lowest BCUT2D eigenvalue weighted by molar-refractivity contribution is -0.0537. The highest BCUT2D eigenvalue weighted by Crippen LogP contribution is 2.32. The maximum absolute atomic E-state index is 11.6. The molecule has 1 aliphatic rings. The number of nitrogens with zero attached hydrogens (tertiary/aromatic N) is 2. The number of hydrogen-bond donors (Lipinski definition) is 4. The van der Waals surface area contributed by atoms with Crippen LogP contribution in [-0.4, -0.2) is 50.3 Å². The largest absolute Gasteiger partial charge is 0.396 e.